The van der Waals surface area contributed by atoms with E-state index in [9.17, 15) is 4.79 Å². The average molecular weight is 323 g/mol. The molecule has 0 bridgehead atoms. The highest BCUT2D eigenvalue weighted by atomic mass is 79.9. The van der Waals surface area contributed by atoms with E-state index in [0.29, 0.717) is 6.04 Å². The summed E-state index contributed by atoms with van der Waals surface area (Å²) < 4.78 is 0.900. The third kappa shape index (κ3) is 2.56. The van der Waals surface area contributed by atoms with Crippen LogP contribution in [0.25, 0.3) is 0 Å². The topological polar surface area (TPSA) is 23.6 Å². The van der Waals surface area contributed by atoms with Crippen molar-refractivity contribution in [3.8, 4) is 0 Å². The molecule has 1 amide bonds. The van der Waals surface area contributed by atoms with Gasteiger partial charge in [-0.2, -0.15) is 0 Å². The van der Waals surface area contributed by atoms with Crippen LogP contribution in [0.3, 0.4) is 0 Å². The lowest BCUT2D eigenvalue weighted by Gasteiger charge is -2.37. The molecule has 2 aliphatic heterocycles. The van der Waals surface area contributed by atoms with Gasteiger partial charge >= 0.3 is 0 Å². The Bertz CT molecular complexity index is 503. The lowest BCUT2D eigenvalue weighted by Crippen LogP contribution is -2.52. The van der Waals surface area contributed by atoms with E-state index in [-0.39, 0.29) is 5.91 Å². The quantitative estimate of drug-likeness (QED) is 0.793. The van der Waals surface area contributed by atoms with Gasteiger partial charge in [-0.1, -0.05) is 11.6 Å². The number of aryl methyl sites for hydroxylation is 1. The van der Waals surface area contributed by atoms with E-state index in [1.54, 1.807) is 0 Å². The van der Waals surface area contributed by atoms with Gasteiger partial charge in [-0.05, 0) is 54.4 Å². The first-order valence-electron chi connectivity index (χ1n) is 6.94. The molecule has 3 rings (SSSR count). The first-order chi connectivity index (χ1) is 9.15. The lowest BCUT2D eigenvalue weighted by molar-refractivity contribution is 0.0570. The summed E-state index contributed by atoms with van der Waals surface area (Å²) in [5.74, 6) is 0.169. The van der Waals surface area contributed by atoms with Gasteiger partial charge in [-0.3, -0.25) is 9.69 Å². The maximum atomic E-state index is 12.6. The summed E-state index contributed by atoms with van der Waals surface area (Å²) in [6, 6.07) is 6.55. The molecule has 0 N–H and O–H groups in total. The van der Waals surface area contributed by atoms with Crippen molar-refractivity contribution in [1.29, 1.82) is 0 Å². The minimum Gasteiger partial charge on any atom is -0.336 e. The lowest BCUT2D eigenvalue weighted by atomic mass is 10.1. The first kappa shape index (κ1) is 13.1. The molecule has 2 aliphatic rings. The largest absolute Gasteiger partial charge is 0.336 e. The minimum atomic E-state index is 0.169. The van der Waals surface area contributed by atoms with Crippen LogP contribution in [-0.4, -0.2) is 47.9 Å². The maximum Gasteiger partial charge on any atom is 0.255 e. The standard InChI is InChI=1S/C15H19BrN2O/c1-11-4-5-14(16)13(9-11)15(19)18-8-7-17-6-2-3-12(17)10-18/h4-5,9,12H,2-3,6-8,10H2,1H3. The zero-order valence-corrected chi connectivity index (χ0v) is 12.8. The fourth-order valence-electron chi connectivity index (χ4n) is 3.15. The number of nitrogens with zero attached hydrogens (tertiary/aromatic N) is 2. The van der Waals surface area contributed by atoms with E-state index >= 15 is 0 Å². The molecule has 1 unspecified atom stereocenters. The van der Waals surface area contributed by atoms with Gasteiger partial charge in [-0.15, -0.1) is 0 Å². The van der Waals surface area contributed by atoms with Crippen LogP contribution in [0.1, 0.15) is 28.8 Å². The molecule has 19 heavy (non-hydrogen) atoms. The zero-order valence-electron chi connectivity index (χ0n) is 11.2. The number of benzene rings is 1. The van der Waals surface area contributed by atoms with Crippen molar-refractivity contribution in [3.05, 3.63) is 33.8 Å². The first-order valence-corrected chi connectivity index (χ1v) is 7.74. The van der Waals surface area contributed by atoms with Gasteiger partial charge in [0.25, 0.3) is 5.91 Å². The number of piperazine rings is 1. The number of carbonyl (C=O) groups is 1. The van der Waals surface area contributed by atoms with Gasteiger partial charge in [-0.25, -0.2) is 0 Å². The zero-order chi connectivity index (χ0) is 13.4. The second kappa shape index (κ2) is 5.25. The van der Waals surface area contributed by atoms with Crippen LogP contribution >= 0.6 is 15.9 Å². The Morgan fingerprint density at radius 1 is 1.32 bits per heavy atom. The van der Waals surface area contributed by atoms with Crippen molar-refractivity contribution >= 4 is 21.8 Å². The van der Waals surface area contributed by atoms with Gasteiger partial charge in [0.2, 0.25) is 0 Å². The van der Waals surface area contributed by atoms with Crippen LogP contribution in [0.5, 0.6) is 0 Å². The van der Waals surface area contributed by atoms with Crippen LogP contribution < -0.4 is 0 Å². The van der Waals surface area contributed by atoms with E-state index < -0.39 is 0 Å². The van der Waals surface area contributed by atoms with Gasteiger partial charge in [0.05, 0.1) is 5.56 Å². The Morgan fingerprint density at radius 2 is 2.16 bits per heavy atom. The second-order valence-corrected chi connectivity index (χ2v) is 6.42. The SMILES string of the molecule is Cc1ccc(Br)c(C(=O)N2CCN3CCCC3C2)c1. The molecular formula is C15H19BrN2O. The van der Waals surface area contributed by atoms with Crippen molar-refractivity contribution in [2.45, 2.75) is 25.8 Å². The summed E-state index contributed by atoms with van der Waals surface area (Å²) in [6.07, 6.45) is 2.51. The van der Waals surface area contributed by atoms with E-state index in [1.165, 1.54) is 19.4 Å². The van der Waals surface area contributed by atoms with Crippen molar-refractivity contribution in [2.75, 3.05) is 26.2 Å². The van der Waals surface area contributed by atoms with Crippen molar-refractivity contribution in [2.24, 2.45) is 0 Å². The highest BCUT2D eigenvalue weighted by Gasteiger charge is 2.33. The van der Waals surface area contributed by atoms with E-state index in [2.05, 4.69) is 20.8 Å². The van der Waals surface area contributed by atoms with Gasteiger partial charge in [0.15, 0.2) is 0 Å². The van der Waals surface area contributed by atoms with Gasteiger partial charge < -0.3 is 4.90 Å². The number of halogens is 1. The predicted octanol–water partition coefficient (Wildman–Crippen LogP) is 2.68. The number of amides is 1. The van der Waals surface area contributed by atoms with E-state index in [1.807, 2.05) is 30.0 Å². The number of fused-ring (bicyclic) bond motifs is 1. The van der Waals surface area contributed by atoms with Crippen LogP contribution in [0.15, 0.2) is 22.7 Å². The monoisotopic (exact) mass is 322 g/mol. The van der Waals surface area contributed by atoms with E-state index in [0.717, 1.165) is 35.2 Å². The molecule has 0 aromatic heterocycles. The second-order valence-electron chi connectivity index (χ2n) is 5.57. The molecular weight excluding hydrogens is 304 g/mol. The molecule has 0 spiro atoms. The molecule has 0 radical (unpaired) electrons. The molecule has 1 aromatic carbocycles. The van der Waals surface area contributed by atoms with Crippen LogP contribution in [0, 0.1) is 6.92 Å². The molecule has 0 saturated carbocycles. The predicted molar refractivity (Wildman–Crippen MR) is 79.4 cm³/mol. The third-order valence-electron chi connectivity index (χ3n) is 4.23. The van der Waals surface area contributed by atoms with Crippen molar-refractivity contribution in [1.82, 2.24) is 9.80 Å². The van der Waals surface area contributed by atoms with Crippen molar-refractivity contribution in [3.63, 3.8) is 0 Å². The number of hydrogen-bond acceptors (Lipinski definition) is 2. The Hall–Kier alpha value is -0.870. The Balaban J connectivity index is 1.78. The van der Waals surface area contributed by atoms with Gasteiger partial charge in [0, 0.05) is 30.1 Å². The summed E-state index contributed by atoms with van der Waals surface area (Å²) in [5, 5.41) is 0. The summed E-state index contributed by atoms with van der Waals surface area (Å²) in [4.78, 5) is 17.2. The molecule has 1 atom stereocenters. The molecule has 0 aliphatic carbocycles. The molecule has 4 heteroatoms. The summed E-state index contributed by atoms with van der Waals surface area (Å²) in [7, 11) is 0. The molecule has 1 aromatic rings. The Labute approximate surface area is 122 Å². The summed E-state index contributed by atoms with van der Waals surface area (Å²) in [6.45, 7) is 6.01. The van der Waals surface area contributed by atoms with Crippen LogP contribution in [0.2, 0.25) is 0 Å². The number of carbonyl (C=O) groups excluding carboxylic acids is 1. The number of hydrogen-bond donors (Lipinski definition) is 0. The smallest absolute Gasteiger partial charge is 0.255 e. The normalized spacial score (nSPS) is 23.5. The fourth-order valence-corrected chi connectivity index (χ4v) is 3.57. The Kier molecular flexibility index (Phi) is 3.63. The van der Waals surface area contributed by atoms with E-state index in [4.69, 9.17) is 0 Å². The fraction of sp³-hybridized carbons (Fsp3) is 0.533. The summed E-state index contributed by atoms with van der Waals surface area (Å²) in [5.41, 5.74) is 1.93. The average Bonchev–Trinajstić information content (AvgIpc) is 2.88. The van der Waals surface area contributed by atoms with Gasteiger partial charge in [0.1, 0.15) is 0 Å². The highest BCUT2D eigenvalue weighted by Crippen LogP contribution is 2.25. The molecule has 2 heterocycles. The van der Waals surface area contributed by atoms with Crippen molar-refractivity contribution < 1.29 is 4.79 Å². The summed E-state index contributed by atoms with van der Waals surface area (Å²) >= 11 is 3.50. The highest BCUT2D eigenvalue weighted by molar-refractivity contribution is 9.10. The molecule has 102 valence electrons. The number of rotatable bonds is 1. The van der Waals surface area contributed by atoms with Crippen LogP contribution in [-0.2, 0) is 0 Å². The molecule has 3 nitrogen and oxygen atoms in total. The Morgan fingerprint density at radius 3 is 3.00 bits per heavy atom. The van der Waals surface area contributed by atoms with Crippen LogP contribution in [0.4, 0.5) is 0 Å². The third-order valence-corrected chi connectivity index (χ3v) is 4.92. The minimum absolute atomic E-state index is 0.169. The molecule has 2 fully saturated rings. The maximum absolute atomic E-state index is 12.6. The molecule has 2 saturated heterocycles.